The van der Waals surface area contributed by atoms with E-state index < -0.39 is 21.9 Å². The first kappa shape index (κ1) is 23.7. The normalized spacial score (nSPS) is 12.9. The van der Waals surface area contributed by atoms with Crippen molar-refractivity contribution in [3.63, 3.8) is 0 Å². The van der Waals surface area contributed by atoms with Gasteiger partial charge in [0.1, 0.15) is 16.2 Å². The molecule has 10 nitrogen and oxygen atoms in total. The molecule has 1 atom stereocenters. The van der Waals surface area contributed by atoms with Gasteiger partial charge in [-0.3, -0.25) is 23.4 Å². The Bertz CT molecular complexity index is 1340. The van der Waals surface area contributed by atoms with Gasteiger partial charge < -0.3 is 5.32 Å². The van der Waals surface area contributed by atoms with Crippen molar-refractivity contribution < 1.29 is 4.79 Å². The van der Waals surface area contributed by atoms with Crippen LogP contribution < -0.4 is 16.6 Å². The topological polar surface area (TPSA) is 117 Å². The maximum atomic E-state index is 13.0. The highest BCUT2D eigenvalue weighted by molar-refractivity contribution is 8.00. The zero-order valence-corrected chi connectivity index (χ0v) is 20.7. The van der Waals surface area contributed by atoms with Crippen molar-refractivity contribution >= 4 is 34.4 Å². The number of thioether (sulfide) groups is 1. The maximum Gasteiger partial charge on any atom is 0.332 e. The molecule has 0 saturated carbocycles. The van der Waals surface area contributed by atoms with Gasteiger partial charge in [0, 0.05) is 26.6 Å². The number of nitrogens with one attached hydrogen (secondary N) is 1. The molecule has 172 valence electrons. The van der Waals surface area contributed by atoms with Crippen molar-refractivity contribution in [3.8, 4) is 0 Å². The van der Waals surface area contributed by atoms with Gasteiger partial charge in [-0.15, -0.1) is 0 Å². The molecule has 0 aromatic carbocycles. The third-order valence-corrected chi connectivity index (χ3v) is 6.44. The fourth-order valence-corrected chi connectivity index (χ4v) is 4.19. The first-order valence-corrected chi connectivity index (χ1v) is 11.1. The Morgan fingerprint density at radius 1 is 1.06 bits per heavy atom. The summed E-state index contributed by atoms with van der Waals surface area (Å²) >= 11 is 1.17. The minimum Gasteiger partial charge on any atom is -0.322 e. The summed E-state index contributed by atoms with van der Waals surface area (Å²) in [6, 6.07) is 0. The number of carbonyl (C=O) groups excluding carboxylic acids is 1. The first-order chi connectivity index (χ1) is 14.7. The molecule has 3 aromatic rings. The molecule has 0 aliphatic heterocycles. The van der Waals surface area contributed by atoms with Gasteiger partial charge in [0.05, 0.1) is 22.3 Å². The Kier molecular flexibility index (Phi) is 6.07. The van der Waals surface area contributed by atoms with Crippen LogP contribution in [0, 0.1) is 13.8 Å². The molecule has 0 radical (unpaired) electrons. The predicted molar refractivity (Wildman–Crippen MR) is 125 cm³/mol. The number of hydrogen-bond donors (Lipinski definition) is 1. The summed E-state index contributed by atoms with van der Waals surface area (Å²) in [7, 11) is 4.81. The van der Waals surface area contributed by atoms with Gasteiger partial charge in [-0.1, -0.05) is 32.5 Å². The van der Waals surface area contributed by atoms with Crippen molar-refractivity contribution in [2.75, 3.05) is 5.32 Å². The van der Waals surface area contributed by atoms with E-state index in [-0.39, 0.29) is 16.9 Å². The summed E-state index contributed by atoms with van der Waals surface area (Å²) in [6.45, 7) is 11.3. The molecule has 0 aliphatic rings. The van der Waals surface area contributed by atoms with Crippen LogP contribution in [0.3, 0.4) is 0 Å². The zero-order chi connectivity index (χ0) is 24.1. The van der Waals surface area contributed by atoms with E-state index in [1.165, 1.54) is 23.4 Å². The predicted octanol–water partition coefficient (Wildman–Crippen LogP) is 1.79. The molecule has 3 rings (SSSR count). The number of amides is 1. The molecule has 11 heteroatoms. The second kappa shape index (κ2) is 8.19. The van der Waals surface area contributed by atoms with E-state index in [9.17, 15) is 14.4 Å². The van der Waals surface area contributed by atoms with Crippen LogP contribution in [-0.4, -0.2) is 40.0 Å². The van der Waals surface area contributed by atoms with Crippen LogP contribution >= 0.6 is 11.8 Å². The Labute approximate surface area is 190 Å². The number of carbonyl (C=O) groups is 1. The lowest BCUT2D eigenvalue weighted by Crippen LogP contribution is -2.38. The fourth-order valence-electron chi connectivity index (χ4n) is 3.25. The van der Waals surface area contributed by atoms with E-state index in [1.807, 2.05) is 41.7 Å². The van der Waals surface area contributed by atoms with Crippen molar-refractivity contribution in [3.05, 3.63) is 38.1 Å². The van der Waals surface area contributed by atoms with Crippen molar-refractivity contribution in [1.82, 2.24) is 28.9 Å². The van der Waals surface area contributed by atoms with Crippen LogP contribution in [0.15, 0.2) is 14.6 Å². The largest absolute Gasteiger partial charge is 0.332 e. The number of aromatic nitrogens is 6. The molecular weight excluding hydrogens is 430 g/mol. The number of hydrogen-bond acceptors (Lipinski definition) is 7. The standard InChI is InChI=1S/C21H29N7O3S/c1-10-14(11(2)28(9)25-10)22-16(29)12(3)32-17-13-15(23-19(24-17)21(4,5)6)26(7)20(31)27(8)18(13)30/h12H,1-9H3,(H,22,29). The van der Waals surface area contributed by atoms with E-state index in [2.05, 4.69) is 20.4 Å². The summed E-state index contributed by atoms with van der Waals surface area (Å²) in [5.41, 5.74) is 1.12. The molecular formula is C21H29N7O3S. The summed E-state index contributed by atoms with van der Waals surface area (Å²) in [4.78, 5) is 47.6. The number of fused-ring (bicyclic) bond motifs is 1. The maximum absolute atomic E-state index is 13.0. The van der Waals surface area contributed by atoms with Crippen molar-refractivity contribution in [1.29, 1.82) is 0 Å². The molecule has 32 heavy (non-hydrogen) atoms. The lowest BCUT2D eigenvalue weighted by atomic mass is 9.96. The molecule has 0 spiro atoms. The van der Waals surface area contributed by atoms with Crippen LogP contribution in [0.2, 0.25) is 0 Å². The highest BCUT2D eigenvalue weighted by atomic mass is 32.2. The van der Waals surface area contributed by atoms with Gasteiger partial charge in [-0.2, -0.15) is 5.10 Å². The average Bonchev–Trinajstić information content (AvgIpc) is 2.95. The monoisotopic (exact) mass is 459 g/mol. The summed E-state index contributed by atoms with van der Waals surface area (Å²) in [5, 5.41) is 7.29. The molecule has 3 aromatic heterocycles. The molecule has 1 N–H and O–H groups in total. The quantitative estimate of drug-likeness (QED) is 0.467. The van der Waals surface area contributed by atoms with Crippen molar-refractivity contribution in [2.24, 2.45) is 21.1 Å². The number of rotatable bonds is 4. The number of aryl methyl sites for hydroxylation is 3. The lowest BCUT2D eigenvalue weighted by Gasteiger charge is -2.20. The summed E-state index contributed by atoms with van der Waals surface area (Å²) in [6.07, 6.45) is 0. The Morgan fingerprint density at radius 2 is 1.69 bits per heavy atom. The SMILES string of the molecule is Cc1nn(C)c(C)c1NC(=O)C(C)Sc1nc(C(C)(C)C)nc2c1c(=O)n(C)c(=O)n2C. The second-order valence-electron chi connectivity index (χ2n) is 8.93. The second-order valence-corrected chi connectivity index (χ2v) is 10.3. The molecule has 0 fully saturated rings. The average molecular weight is 460 g/mol. The molecule has 0 aliphatic carbocycles. The van der Waals surface area contributed by atoms with E-state index in [1.54, 1.807) is 18.7 Å². The Balaban J connectivity index is 2.10. The van der Waals surface area contributed by atoms with Crippen LogP contribution in [0.1, 0.15) is 44.9 Å². The molecule has 1 unspecified atom stereocenters. The highest BCUT2D eigenvalue weighted by Crippen LogP contribution is 2.30. The number of nitrogens with zero attached hydrogens (tertiary/aromatic N) is 6. The lowest BCUT2D eigenvalue weighted by molar-refractivity contribution is -0.115. The van der Waals surface area contributed by atoms with Gasteiger partial charge in [0.25, 0.3) is 5.56 Å². The summed E-state index contributed by atoms with van der Waals surface area (Å²) < 4.78 is 4.07. The van der Waals surface area contributed by atoms with E-state index in [0.29, 0.717) is 16.5 Å². The minimum atomic E-state index is -0.568. The van der Waals surface area contributed by atoms with Crippen LogP contribution in [0.25, 0.3) is 11.0 Å². The van der Waals surface area contributed by atoms with Gasteiger partial charge >= 0.3 is 5.69 Å². The highest BCUT2D eigenvalue weighted by Gasteiger charge is 2.26. The third kappa shape index (κ3) is 4.08. The first-order valence-electron chi connectivity index (χ1n) is 10.2. The molecule has 3 heterocycles. The van der Waals surface area contributed by atoms with E-state index in [0.717, 1.165) is 16.0 Å². The van der Waals surface area contributed by atoms with Crippen molar-refractivity contribution in [2.45, 2.75) is 57.2 Å². The summed E-state index contributed by atoms with van der Waals surface area (Å²) in [5.74, 6) is 0.252. The molecule has 0 saturated heterocycles. The van der Waals surface area contributed by atoms with Gasteiger partial charge in [-0.05, 0) is 20.8 Å². The Morgan fingerprint density at radius 3 is 2.22 bits per heavy atom. The van der Waals surface area contributed by atoms with Crippen LogP contribution in [-0.2, 0) is 31.4 Å². The van der Waals surface area contributed by atoms with E-state index >= 15 is 0 Å². The molecule has 1 amide bonds. The van der Waals surface area contributed by atoms with Gasteiger partial charge in [0.15, 0.2) is 5.65 Å². The van der Waals surface area contributed by atoms with Gasteiger partial charge in [0.2, 0.25) is 5.91 Å². The van der Waals surface area contributed by atoms with Crippen LogP contribution in [0.4, 0.5) is 5.69 Å². The fraction of sp³-hybridized carbons (Fsp3) is 0.524. The zero-order valence-electron chi connectivity index (χ0n) is 19.9. The smallest absolute Gasteiger partial charge is 0.322 e. The van der Waals surface area contributed by atoms with E-state index in [4.69, 9.17) is 0 Å². The number of anilines is 1. The minimum absolute atomic E-state index is 0.223. The third-order valence-electron chi connectivity index (χ3n) is 5.35. The Hall–Kier alpha value is -2.95. The van der Waals surface area contributed by atoms with Gasteiger partial charge in [-0.25, -0.2) is 14.8 Å². The van der Waals surface area contributed by atoms with Crippen LogP contribution in [0.5, 0.6) is 0 Å². The molecule has 0 bridgehead atoms.